The summed E-state index contributed by atoms with van der Waals surface area (Å²) in [5.74, 6) is -0.671. The van der Waals surface area contributed by atoms with E-state index in [1.165, 1.54) is 4.90 Å². The Morgan fingerprint density at radius 2 is 1.92 bits per heavy atom. The molecule has 0 spiro atoms. The number of nitrogens with zero attached hydrogens (tertiary/aromatic N) is 1. The van der Waals surface area contributed by atoms with E-state index in [0.29, 0.717) is 22.3 Å². The smallest absolute Gasteiger partial charge is 0.227 e. The maximum Gasteiger partial charge on any atom is 0.227 e. The fourth-order valence-corrected chi connectivity index (χ4v) is 3.35. The van der Waals surface area contributed by atoms with Crippen LogP contribution < -0.4 is 10.2 Å². The molecular weight excluding hydrogens is 359 g/mol. The Morgan fingerprint density at radius 3 is 2.64 bits per heavy atom. The molecule has 1 aliphatic heterocycles. The molecule has 2 amide bonds. The Hall–Kier alpha value is -2.04. The third kappa shape index (κ3) is 3.97. The van der Waals surface area contributed by atoms with Gasteiger partial charge in [-0.25, -0.2) is 0 Å². The summed E-state index contributed by atoms with van der Waals surface area (Å²) in [6.07, 6.45) is 0.163. The highest BCUT2D eigenvalue weighted by Crippen LogP contribution is 2.33. The van der Waals surface area contributed by atoms with Crippen LogP contribution >= 0.6 is 23.2 Å². The first kappa shape index (κ1) is 17.8. The molecule has 25 heavy (non-hydrogen) atoms. The van der Waals surface area contributed by atoms with E-state index in [-0.39, 0.29) is 24.3 Å². The maximum atomic E-state index is 12.6. The summed E-state index contributed by atoms with van der Waals surface area (Å²) in [6, 6.07) is 14.6. The van der Waals surface area contributed by atoms with Crippen LogP contribution in [0.15, 0.2) is 48.5 Å². The third-order valence-electron chi connectivity index (χ3n) is 4.35. The normalized spacial score (nSPS) is 18.3. The van der Waals surface area contributed by atoms with Gasteiger partial charge in [-0.15, -0.1) is 0 Å². The molecule has 2 atom stereocenters. The SMILES string of the molecule is C[C@@H](NC(=O)[C@@H]1CC(=O)N(c2cc(Cl)ccc2Cl)C1)c1ccccc1. The van der Waals surface area contributed by atoms with Crippen LogP contribution in [0.4, 0.5) is 5.69 Å². The first-order chi connectivity index (χ1) is 12.0. The van der Waals surface area contributed by atoms with Gasteiger partial charge in [0.25, 0.3) is 0 Å². The molecule has 1 fully saturated rings. The predicted octanol–water partition coefficient (Wildman–Crippen LogP) is 4.22. The second-order valence-corrected chi connectivity index (χ2v) is 6.99. The van der Waals surface area contributed by atoms with Crippen molar-refractivity contribution in [2.24, 2.45) is 5.92 Å². The molecule has 130 valence electrons. The van der Waals surface area contributed by atoms with Gasteiger partial charge in [0.15, 0.2) is 0 Å². The van der Waals surface area contributed by atoms with E-state index in [9.17, 15) is 9.59 Å². The summed E-state index contributed by atoms with van der Waals surface area (Å²) >= 11 is 12.2. The van der Waals surface area contributed by atoms with Crippen LogP contribution in [-0.2, 0) is 9.59 Å². The first-order valence-electron chi connectivity index (χ1n) is 8.06. The van der Waals surface area contributed by atoms with Crippen LogP contribution in [0.5, 0.6) is 0 Å². The molecule has 4 nitrogen and oxygen atoms in total. The molecule has 2 aromatic rings. The molecule has 0 radical (unpaired) electrons. The van der Waals surface area contributed by atoms with E-state index < -0.39 is 5.92 Å². The van der Waals surface area contributed by atoms with E-state index in [0.717, 1.165) is 5.56 Å². The second-order valence-electron chi connectivity index (χ2n) is 6.14. The van der Waals surface area contributed by atoms with Crippen LogP contribution in [0, 0.1) is 5.92 Å². The number of hydrogen-bond donors (Lipinski definition) is 1. The molecule has 0 aliphatic carbocycles. The van der Waals surface area contributed by atoms with Gasteiger partial charge >= 0.3 is 0 Å². The summed E-state index contributed by atoms with van der Waals surface area (Å²) < 4.78 is 0. The van der Waals surface area contributed by atoms with Crippen LogP contribution in [0.2, 0.25) is 10.0 Å². The van der Waals surface area contributed by atoms with E-state index >= 15 is 0 Å². The van der Waals surface area contributed by atoms with Crippen molar-refractivity contribution in [1.29, 1.82) is 0 Å². The van der Waals surface area contributed by atoms with Gasteiger partial charge in [-0.3, -0.25) is 9.59 Å². The van der Waals surface area contributed by atoms with E-state index in [4.69, 9.17) is 23.2 Å². The monoisotopic (exact) mass is 376 g/mol. The minimum Gasteiger partial charge on any atom is -0.349 e. The molecule has 1 heterocycles. The van der Waals surface area contributed by atoms with Gasteiger partial charge in [0.2, 0.25) is 11.8 Å². The molecule has 1 N–H and O–H groups in total. The van der Waals surface area contributed by atoms with Gasteiger partial charge in [0.05, 0.1) is 22.7 Å². The number of carbonyl (C=O) groups is 2. The van der Waals surface area contributed by atoms with Crippen LogP contribution in [-0.4, -0.2) is 18.4 Å². The Labute approximate surface area is 156 Å². The second kappa shape index (κ2) is 7.46. The number of carbonyl (C=O) groups excluding carboxylic acids is 2. The highest BCUT2D eigenvalue weighted by Gasteiger charge is 2.36. The summed E-state index contributed by atoms with van der Waals surface area (Å²) in [5, 5.41) is 3.92. The lowest BCUT2D eigenvalue weighted by Gasteiger charge is -2.19. The third-order valence-corrected chi connectivity index (χ3v) is 4.91. The van der Waals surface area contributed by atoms with Crippen molar-refractivity contribution >= 4 is 40.7 Å². The van der Waals surface area contributed by atoms with Crippen molar-refractivity contribution in [3.63, 3.8) is 0 Å². The van der Waals surface area contributed by atoms with Crippen molar-refractivity contribution in [2.45, 2.75) is 19.4 Å². The summed E-state index contributed by atoms with van der Waals surface area (Å²) in [7, 11) is 0. The lowest BCUT2D eigenvalue weighted by molar-refractivity contribution is -0.126. The van der Waals surface area contributed by atoms with Crippen molar-refractivity contribution in [1.82, 2.24) is 5.32 Å². The van der Waals surface area contributed by atoms with Crippen LogP contribution in [0.1, 0.15) is 24.9 Å². The van der Waals surface area contributed by atoms with Crippen molar-refractivity contribution in [3.05, 3.63) is 64.1 Å². The van der Waals surface area contributed by atoms with E-state index in [2.05, 4.69) is 5.32 Å². The Kier molecular flexibility index (Phi) is 5.30. The lowest BCUT2D eigenvalue weighted by Crippen LogP contribution is -2.34. The highest BCUT2D eigenvalue weighted by atomic mass is 35.5. The minimum atomic E-state index is -0.409. The Bertz CT molecular complexity index is 795. The Balaban J connectivity index is 1.69. The van der Waals surface area contributed by atoms with E-state index in [1.54, 1.807) is 18.2 Å². The number of nitrogens with one attached hydrogen (secondary N) is 1. The molecule has 6 heteroatoms. The van der Waals surface area contributed by atoms with Crippen LogP contribution in [0.3, 0.4) is 0 Å². The predicted molar refractivity (Wildman–Crippen MR) is 99.9 cm³/mol. The number of anilines is 1. The minimum absolute atomic E-state index is 0.118. The molecule has 0 aromatic heterocycles. The van der Waals surface area contributed by atoms with Crippen molar-refractivity contribution < 1.29 is 9.59 Å². The first-order valence-corrected chi connectivity index (χ1v) is 8.82. The molecule has 0 bridgehead atoms. The average Bonchev–Trinajstić information content (AvgIpc) is 2.99. The standard InChI is InChI=1S/C19H18Cl2N2O2/c1-12(13-5-3-2-4-6-13)22-19(25)14-9-18(24)23(11-14)17-10-15(20)7-8-16(17)21/h2-8,10,12,14H,9,11H2,1H3,(H,22,25)/t12-,14-/m1/s1. The molecule has 1 aliphatic rings. The van der Waals surface area contributed by atoms with E-state index in [1.807, 2.05) is 37.3 Å². The number of benzene rings is 2. The topological polar surface area (TPSA) is 49.4 Å². The maximum absolute atomic E-state index is 12.6. The fraction of sp³-hybridized carbons (Fsp3) is 0.263. The molecule has 1 saturated heterocycles. The zero-order chi connectivity index (χ0) is 18.0. The highest BCUT2D eigenvalue weighted by molar-refractivity contribution is 6.35. The number of rotatable bonds is 4. The zero-order valence-electron chi connectivity index (χ0n) is 13.7. The summed E-state index contributed by atoms with van der Waals surface area (Å²) in [6.45, 7) is 2.22. The molecular formula is C19H18Cl2N2O2. The van der Waals surface area contributed by atoms with Gasteiger partial charge in [-0.05, 0) is 30.7 Å². The molecule has 3 rings (SSSR count). The van der Waals surface area contributed by atoms with Gasteiger partial charge in [0.1, 0.15) is 0 Å². The average molecular weight is 377 g/mol. The summed E-state index contributed by atoms with van der Waals surface area (Å²) in [5.41, 5.74) is 1.57. The van der Waals surface area contributed by atoms with Gasteiger partial charge < -0.3 is 10.2 Å². The zero-order valence-corrected chi connectivity index (χ0v) is 15.2. The lowest BCUT2D eigenvalue weighted by atomic mass is 10.1. The Morgan fingerprint density at radius 1 is 1.20 bits per heavy atom. The van der Waals surface area contributed by atoms with Gasteiger partial charge in [-0.1, -0.05) is 53.5 Å². The van der Waals surface area contributed by atoms with Crippen LogP contribution in [0.25, 0.3) is 0 Å². The molecule has 2 aromatic carbocycles. The molecule has 0 unspecified atom stereocenters. The van der Waals surface area contributed by atoms with Gasteiger partial charge in [0, 0.05) is 18.0 Å². The quantitative estimate of drug-likeness (QED) is 0.867. The van der Waals surface area contributed by atoms with Gasteiger partial charge in [-0.2, -0.15) is 0 Å². The number of hydrogen-bond acceptors (Lipinski definition) is 2. The summed E-state index contributed by atoms with van der Waals surface area (Å²) in [4.78, 5) is 26.4. The number of halogens is 2. The molecule has 0 saturated carbocycles. The van der Waals surface area contributed by atoms with Crippen molar-refractivity contribution in [2.75, 3.05) is 11.4 Å². The number of amides is 2. The fourth-order valence-electron chi connectivity index (χ4n) is 2.96. The van der Waals surface area contributed by atoms with Crippen molar-refractivity contribution in [3.8, 4) is 0 Å². The largest absolute Gasteiger partial charge is 0.349 e.